The highest BCUT2D eigenvalue weighted by Crippen LogP contribution is 2.28. The van der Waals surface area contributed by atoms with Gasteiger partial charge in [0.2, 0.25) is 40.7 Å². The molecule has 53 heteroatoms. The van der Waals surface area contributed by atoms with Crippen LogP contribution >= 0.6 is 78.7 Å². The predicted octanol–water partition coefficient (Wildman–Crippen LogP) is 5.57. The SMILES string of the molecule is CC(C)(C)OC(=O)CN.CC(C)(C)OC(=O)N1CCC(=O)N1CCN.CC(C)(C)OC(=O)N1CCC(=O)N1CCN1C(=O)c2ccccc2C1=O.CC(C)(C)OC(=O)N1CCC(=O)N1CCNC(=O)CSCC(=O)O.CC(C)(C)OC(=O)NNCCN1C(=O)c2ccccc2C1=O.O=C(Cl)CCBr.O=C(O)CSCC(=O)NCCN1NCCC1=O.O=C1CSCC(=O)O1.O=C1c2ccccc2C(=O)N1CCBr. The van der Waals surface area contributed by atoms with Crippen molar-refractivity contribution in [3.8, 4) is 0 Å². The third-order valence-corrected chi connectivity index (χ3v) is 21.4. The Morgan fingerprint density at radius 1 is 0.437 bits per heavy atom. The van der Waals surface area contributed by atoms with E-state index in [9.17, 15) is 105 Å². The molecule has 0 saturated carbocycles. The Morgan fingerprint density at radius 2 is 0.782 bits per heavy atom. The fraction of sp³-hybridized carbons (Fsp3) is 0.551. The molecule has 5 fully saturated rings. The molecule has 3 aromatic rings. The number of carbonyl (C=O) groups is 22. The van der Waals surface area contributed by atoms with Crippen molar-refractivity contribution >= 4 is 209 Å². The molecule has 11 rings (SSSR count). The van der Waals surface area contributed by atoms with Crippen LogP contribution in [0.1, 0.15) is 198 Å². The number of hydrogen-bond acceptors (Lipinski definition) is 35. The molecule has 8 heterocycles. The van der Waals surface area contributed by atoms with Crippen molar-refractivity contribution in [3.05, 3.63) is 106 Å². The third kappa shape index (κ3) is 46.2. The van der Waals surface area contributed by atoms with Crippen molar-refractivity contribution in [1.82, 2.24) is 76.7 Å². The first kappa shape index (κ1) is 124. The minimum atomic E-state index is -0.983. The third-order valence-electron chi connectivity index (χ3n) is 17.7. The summed E-state index contributed by atoms with van der Waals surface area (Å²) in [5, 5.41) is 32.2. The molecule has 47 nitrogen and oxygen atoms in total. The summed E-state index contributed by atoms with van der Waals surface area (Å²) >= 11 is 14.5. The van der Waals surface area contributed by atoms with Gasteiger partial charge < -0.3 is 60.7 Å². The number of amides is 16. The van der Waals surface area contributed by atoms with Crippen LogP contribution in [0.5, 0.6) is 0 Å². The lowest BCUT2D eigenvalue weighted by molar-refractivity contribution is -0.157. The fourth-order valence-corrected chi connectivity index (χ4v) is 14.8. The van der Waals surface area contributed by atoms with Crippen molar-refractivity contribution in [1.29, 1.82) is 0 Å². The molecular formula is C89H126Br2ClN17O30S3. The number of ether oxygens (including phenoxy) is 6. The number of benzene rings is 3. The van der Waals surface area contributed by atoms with Crippen LogP contribution in [-0.4, -0.2) is 368 Å². The Kier molecular flexibility index (Phi) is 53.2. The molecule has 0 aromatic heterocycles. The van der Waals surface area contributed by atoms with Gasteiger partial charge in [-0.1, -0.05) is 68.3 Å². The van der Waals surface area contributed by atoms with E-state index in [-0.39, 0.29) is 177 Å². The number of aliphatic carboxylic acids is 2. The zero-order valence-electron chi connectivity index (χ0n) is 81.7. The van der Waals surface area contributed by atoms with E-state index in [0.717, 1.165) is 33.3 Å². The van der Waals surface area contributed by atoms with E-state index in [0.29, 0.717) is 121 Å². The number of halogens is 3. The quantitative estimate of drug-likeness (QED) is 0.00626. The summed E-state index contributed by atoms with van der Waals surface area (Å²) in [6.45, 7) is 30.5. The van der Waals surface area contributed by atoms with E-state index in [4.69, 9.17) is 57.0 Å². The zero-order valence-corrected chi connectivity index (χ0v) is 88.1. The number of fused-ring (bicyclic) bond motifs is 3. The molecule has 0 radical (unpaired) electrons. The van der Waals surface area contributed by atoms with E-state index < -0.39 is 76.3 Å². The number of esters is 3. The number of cyclic esters (lactones) is 2. The monoisotopic (exact) mass is 2200 g/mol. The van der Waals surface area contributed by atoms with Gasteiger partial charge in [0, 0.05) is 95.1 Å². The van der Waals surface area contributed by atoms with E-state index >= 15 is 0 Å². The van der Waals surface area contributed by atoms with Crippen LogP contribution in [0.25, 0.3) is 0 Å². The maximum Gasteiger partial charge on any atom is 0.429 e. The second-order valence-electron chi connectivity index (χ2n) is 35.2. The molecule has 11 N–H and O–H groups in total. The number of nitrogens with one attached hydrogen (secondary N) is 5. The maximum absolute atomic E-state index is 12.4. The molecule has 8 aliphatic heterocycles. The standard InChI is InChI=1S/C18H21N3O5.C15H19N3O4.C14H23N3O6S.C10H8BrNO2.C10H19N3O3.C9H15N3O4S.C6H13NO2.C4H4O3S.C3H4BrClO/c1-18(2,3)26-17(25)21-9-8-14(22)20(21)11-10-19-15(23)12-6-4-5-7-13(12)16(19)24;1-15(2,3)22-14(21)17-16-8-9-18-12(19)10-6-4-5-7-11(10)13(18)20;1-14(2,3)23-13(22)17-6-4-11(19)16(17)7-5-15-10(18)8-24-9-12(20)21;11-5-6-12-9(13)7-3-1-2-4-8(7)10(12)14;1-10(2,3)16-9(15)13-6-4-8(14)12(13)7-5-11;13-7(5-17-6-9(15)16)10-3-4-12-8(14)1-2-11-12;1-6(2,3)9-5(8)4-7;5-3-1-8-2-4(6)7-3;4-2-1-3(5)6/h4-7H,8-11H2,1-3H3;4-7,16H,8-9H2,1-3H3,(H,17,21);4-9H2,1-3H3,(H,15,18)(H,20,21);1-4H,5-6H2;4-7,11H2,1-3H3;11H,1-6H2,(H,10,13)(H,15,16);4,7H2,1-3H3;1-2H2;1-2H2. The van der Waals surface area contributed by atoms with Crippen LogP contribution in [-0.2, 0) is 86.0 Å². The molecule has 786 valence electrons. The minimum Gasteiger partial charge on any atom is -0.481 e. The van der Waals surface area contributed by atoms with E-state index in [2.05, 4.69) is 63.5 Å². The highest BCUT2D eigenvalue weighted by Gasteiger charge is 2.42. The summed E-state index contributed by atoms with van der Waals surface area (Å²) in [4.78, 5) is 254. The summed E-state index contributed by atoms with van der Waals surface area (Å²) in [7, 11) is 0. The summed E-state index contributed by atoms with van der Waals surface area (Å²) in [6.07, 6.45) is -0.698. The van der Waals surface area contributed by atoms with E-state index in [1.165, 1.54) is 51.7 Å². The van der Waals surface area contributed by atoms with Gasteiger partial charge in [-0.05, 0) is 152 Å². The Balaban J connectivity index is 0.000000422. The van der Waals surface area contributed by atoms with Crippen LogP contribution < -0.4 is 38.4 Å². The summed E-state index contributed by atoms with van der Waals surface area (Å²) in [5.41, 5.74) is 17.9. The maximum atomic E-state index is 12.4. The number of alkyl halides is 2. The van der Waals surface area contributed by atoms with Gasteiger partial charge in [-0.3, -0.25) is 111 Å². The molecule has 8 aliphatic rings. The largest absolute Gasteiger partial charge is 0.481 e. The number of carboxylic acid groups (broad SMARTS) is 2. The molecule has 16 amide bonds. The number of imide groups is 3. The Hall–Kier alpha value is -11.7. The average molecular weight is 2210 g/mol. The van der Waals surface area contributed by atoms with Gasteiger partial charge in [0.25, 0.3) is 35.4 Å². The summed E-state index contributed by atoms with van der Waals surface area (Å²) in [6, 6.07) is 20.2. The van der Waals surface area contributed by atoms with Crippen LogP contribution in [0.3, 0.4) is 0 Å². The molecule has 142 heavy (non-hydrogen) atoms. The van der Waals surface area contributed by atoms with Gasteiger partial charge in [-0.25, -0.2) is 60.1 Å². The van der Waals surface area contributed by atoms with E-state index in [1.807, 2.05) is 0 Å². The van der Waals surface area contributed by atoms with Crippen LogP contribution in [0.2, 0.25) is 0 Å². The molecule has 5 saturated heterocycles. The van der Waals surface area contributed by atoms with Gasteiger partial charge in [-0.15, -0.1) is 35.3 Å². The van der Waals surface area contributed by atoms with Crippen molar-refractivity contribution in [2.24, 2.45) is 11.5 Å². The highest BCUT2D eigenvalue weighted by atomic mass is 79.9. The number of hydrazine groups is 5. The smallest absolute Gasteiger partial charge is 0.429 e. The number of carbonyl (C=O) groups excluding carboxylic acids is 20. The van der Waals surface area contributed by atoms with Crippen molar-refractivity contribution in [2.75, 3.05) is 150 Å². The highest BCUT2D eigenvalue weighted by molar-refractivity contribution is 9.09. The Morgan fingerprint density at radius 3 is 1.07 bits per heavy atom. The number of nitrogens with two attached hydrogens (primary N) is 2. The predicted molar refractivity (Wildman–Crippen MR) is 526 cm³/mol. The number of hydrogen-bond donors (Lipinski definition) is 9. The summed E-state index contributed by atoms with van der Waals surface area (Å²) < 4.78 is 29.8. The molecule has 0 unspecified atom stereocenters. The normalized spacial score (nSPS) is 15.2. The molecule has 0 bridgehead atoms. The first-order chi connectivity index (χ1) is 66.3. The molecule has 0 spiro atoms. The molecule has 0 aliphatic carbocycles. The van der Waals surface area contributed by atoms with E-state index in [1.54, 1.807) is 177 Å². The Bertz CT molecular complexity index is 4850. The van der Waals surface area contributed by atoms with Gasteiger partial charge in [0.05, 0.1) is 120 Å². The zero-order chi connectivity index (χ0) is 107. The molecule has 3 aromatic carbocycles. The average Bonchev–Trinajstić information content (AvgIpc) is 1.64. The number of rotatable bonds is 28. The van der Waals surface area contributed by atoms with Gasteiger partial charge in [0.15, 0.2) is 0 Å². The molecular weight excluding hydrogens is 2080 g/mol. The lowest BCUT2D eigenvalue weighted by atomic mass is 10.1. The van der Waals surface area contributed by atoms with Crippen molar-refractivity contribution in [3.63, 3.8) is 0 Å². The van der Waals surface area contributed by atoms with Gasteiger partial charge >= 0.3 is 54.2 Å². The topological polar surface area (TPSA) is 616 Å². The summed E-state index contributed by atoms with van der Waals surface area (Å²) in [5.74, 6) is -5.45. The Labute approximate surface area is 856 Å². The number of carboxylic acids is 2. The lowest BCUT2D eigenvalue weighted by Crippen LogP contribution is -2.48. The van der Waals surface area contributed by atoms with Gasteiger partial charge in [-0.2, -0.15) is 0 Å². The van der Waals surface area contributed by atoms with Crippen LogP contribution in [0.15, 0.2) is 72.8 Å². The number of thioether (sulfide) groups is 3. The minimum absolute atomic E-state index is 0.0113. The first-order valence-corrected chi connectivity index (χ1v) is 50.3. The first-order valence-electron chi connectivity index (χ1n) is 44.2. The second kappa shape index (κ2) is 60.7. The molecule has 0 atom stereocenters. The van der Waals surface area contributed by atoms with Crippen LogP contribution in [0, 0.1) is 0 Å². The second-order valence-corrected chi connectivity index (χ2v) is 40.1. The van der Waals surface area contributed by atoms with Crippen molar-refractivity contribution in [2.45, 2.75) is 164 Å². The fourth-order valence-electron chi connectivity index (χ4n) is 12.1. The van der Waals surface area contributed by atoms with Crippen molar-refractivity contribution < 1.29 is 144 Å². The lowest BCUT2D eigenvalue weighted by Gasteiger charge is -2.31. The number of nitrogens with zero attached hydrogens (tertiary/aromatic N) is 10. The van der Waals surface area contributed by atoms with Crippen LogP contribution in [0.4, 0.5) is 19.2 Å². The van der Waals surface area contributed by atoms with Gasteiger partial charge in [0.1, 0.15) is 28.0 Å².